The fourth-order valence-electron chi connectivity index (χ4n) is 3.15. The van der Waals surface area contributed by atoms with Gasteiger partial charge in [0.15, 0.2) is 0 Å². The summed E-state index contributed by atoms with van der Waals surface area (Å²) in [6, 6.07) is 2.09. The zero-order valence-corrected chi connectivity index (χ0v) is 12.0. The molecule has 0 saturated heterocycles. The smallest absolute Gasteiger partial charge is 0.310 e. The molecule has 0 bridgehead atoms. The van der Waals surface area contributed by atoms with Gasteiger partial charge in [0.1, 0.15) is 0 Å². The summed E-state index contributed by atoms with van der Waals surface area (Å²) >= 11 is 0. The van der Waals surface area contributed by atoms with Crippen LogP contribution in [0.4, 0.5) is 0 Å². The molecule has 1 aromatic heterocycles. The van der Waals surface area contributed by atoms with Crippen molar-refractivity contribution in [3.8, 4) is 0 Å². The third-order valence-corrected chi connectivity index (χ3v) is 4.36. The molecule has 1 fully saturated rings. The number of carboxylic acids is 1. The lowest BCUT2D eigenvalue weighted by Crippen LogP contribution is -2.36. The molecule has 1 heterocycles. The van der Waals surface area contributed by atoms with Crippen molar-refractivity contribution < 1.29 is 9.90 Å². The van der Waals surface area contributed by atoms with Gasteiger partial charge in [-0.1, -0.05) is 26.2 Å². The van der Waals surface area contributed by atoms with Gasteiger partial charge < -0.3 is 5.11 Å². The van der Waals surface area contributed by atoms with Crippen molar-refractivity contribution in [2.24, 2.45) is 5.41 Å². The molecule has 106 valence electrons. The monoisotopic (exact) mass is 264 g/mol. The van der Waals surface area contributed by atoms with Crippen LogP contribution < -0.4 is 0 Å². The van der Waals surface area contributed by atoms with Crippen LogP contribution in [0.2, 0.25) is 0 Å². The highest BCUT2D eigenvalue weighted by Crippen LogP contribution is 2.39. The number of aromatic nitrogens is 2. The maximum atomic E-state index is 11.7. The summed E-state index contributed by atoms with van der Waals surface area (Å²) < 4.78 is 1.97. The number of aryl methyl sites for hydroxylation is 2. The first-order valence-corrected chi connectivity index (χ1v) is 7.40. The Morgan fingerprint density at radius 3 is 2.58 bits per heavy atom. The standard InChI is InChI=1S/C15H24N2O2/c1-3-12-10-13(17(4-2)16-12)11-15(14(18)19)8-6-5-7-9-15/h10H,3-9,11H2,1-2H3,(H,18,19). The Morgan fingerprint density at radius 2 is 2.05 bits per heavy atom. The number of hydrogen-bond acceptors (Lipinski definition) is 2. The lowest BCUT2D eigenvalue weighted by molar-refractivity contribution is -0.151. The van der Waals surface area contributed by atoms with E-state index in [0.29, 0.717) is 6.42 Å². The molecule has 0 unspecified atom stereocenters. The van der Waals surface area contributed by atoms with Crippen molar-refractivity contribution in [3.63, 3.8) is 0 Å². The SMILES string of the molecule is CCc1cc(CC2(C(=O)O)CCCCC2)n(CC)n1. The molecule has 1 saturated carbocycles. The van der Waals surface area contributed by atoms with Gasteiger partial charge in [0, 0.05) is 18.7 Å². The van der Waals surface area contributed by atoms with Gasteiger partial charge in [-0.2, -0.15) is 5.10 Å². The van der Waals surface area contributed by atoms with Crippen molar-refractivity contribution in [2.75, 3.05) is 0 Å². The summed E-state index contributed by atoms with van der Waals surface area (Å²) in [7, 11) is 0. The van der Waals surface area contributed by atoms with Crippen molar-refractivity contribution in [1.29, 1.82) is 0 Å². The average Bonchev–Trinajstić information content (AvgIpc) is 2.81. The van der Waals surface area contributed by atoms with Gasteiger partial charge in [-0.15, -0.1) is 0 Å². The van der Waals surface area contributed by atoms with E-state index in [1.165, 1.54) is 6.42 Å². The third kappa shape index (κ3) is 2.82. The molecule has 0 spiro atoms. The average molecular weight is 264 g/mol. The van der Waals surface area contributed by atoms with Gasteiger partial charge in [-0.05, 0) is 32.3 Å². The van der Waals surface area contributed by atoms with E-state index in [1.807, 2.05) is 4.68 Å². The van der Waals surface area contributed by atoms with Crippen LogP contribution in [0.3, 0.4) is 0 Å². The van der Waals surface area contributed by atoms with Crippen molar-refractivity contribution in [3.05, 3.63) is 17.5 Å². The molecule has 1 aromatic rings. The van der Waals surface area contributed by atoms with Crippen LogP contribution >= 0.6 is 0 Å². The number of carboxylic acid groups (broad SMARTS) is 1. The van der Waals surface area contributed by atoms with Crippen LogP contribution in [0.5, 0.6) is 0 Å². The van der Waals surface area contributed by atoms with Crippen LogP contribution in [-0.4, -0.2) is 20.9 Å². The topological polar surface area (TPSA) is 55.1 Å². The maximum Gasteiger partial charge on any atom is 0.310 e. The van der Waals surface area contributed by atoms with Gasteiger partial charge in [0.2, 0.25) is 0 Å². The number of hydrogen-bond donors (Lipinski definition) is 1. The number of nitrogens with zero attached hydrogens (tertiary/aromatic N) is 2. The molecule has 1 N–H and O–H groups in total. The minimum atomic E-state index is -0.630. The first kappa shape index (κ1) is 14.1. The molecular formula is C15H24N2O2. The van der Waals surface area contributed by atoms with Crippen LogP contribution in [0, 0.1) is 5.41 Å². The van der Waals surface area contributed by atoms with E-state index < -0.39 is 11.4 Å². The molecule has 1 aliphatic carbocycles. The minimum absolute atomic E-state index is 0.559. The fourth-order valence-corrected chi connectivity index (χ4v) is 3.15. The van der Waals surface area contributed by atoms with E-state index in [4.69, 9.17) is 0 Å². The van der Waals surface area contributed by atoms with Crippen molar-refractivity contribution in [1.82, 2.24) is 9.78 Å². The van der Waals surface area contributed by atoms with Crippen LogP contribution in [0.15, 0.2) is 6.07 Å². The third-order valence-electron chi connectivity index (χ3n) is 4.36. The first-order chi connectivity index (χ1) is 9.11. The predicted octanol–water partition coefficient (Wildman–Crippen LogP) is 3.04. The number of rotatable bonds is 5. The summed E-state index contributed by atoms with van der Waals surface area (Å²) in [5, 5.41) is 14.2. The van der Waals surface area contributed by atoms with E-state index in [2.05, 4.69) is 25.0 Å². The largest absolute Gasteiger partial charge is 0.481 e. The summed E-state index contributed by atoms with van der Waals surface area (Å²) in [5.74, 6) is -0.630. The van der Waals surface area contributed by atoms with Gasteiger partial charge in [0.25, 0.3) is 0 Å². The highest BCUT2D eigenvalue weighted by atomic mass is 16.4. The minimum Gasteiger partial charge on any atom is -0.481 e. The molecule has 4 heteroatoms. The van der Waals surface area contributed by atoms with Crippen molar-refractivity contribution in [2.45, 2.75) is 65.3 Å². The Balaban J connectivity index is 2.26. The van der Waals surface area contributed by atoms with Crippen molar-refractivity contribution >= 4 is 5.97 Å². The van der Waals surface area contributed by atoms with Gasteiger partial charge in [0.05, 0.1) is 11.1 Å². The summed E-state index contributed by atoms with van der Waals surface area (Å²) in [6.45, 7) is 4.95. The maximum absolute atomic E-state index is 11.7. The summed E-state index contributed by atoms with van der Waals surface area (Å²) in [6.07, 6.45) is 6.38. The zero-order valence-electron chi connectivity index (χ0n) is 12.0. The Labute approximate surface area is 114 Å². The van der Waals surface area contributed by atoms with Crippen LogP contribution in [0.1, 0.15) is 57.3 Å². The Bertz CT molecular complexity index is 445. The molecule has 2 rings (SSSR count). The first-order valence-electron chi connectivity index (χ1n) is 7.40. The molecule has 19 heavy (non-hydrogen) atoms. The van der Waals surface area contributed by atoms with Gasteiger partial charge >= 0.3 is 5.97 Å². The van der Waals surface area contributed by atoms with E-state index in [0.717, 1.165) is 50.0 Å². The fraction of sp³-hybridized carbons (Fsp3) is 0.733. The van der Waals surface area contributed by atoms with E-state index in [9.17, 15) is 9.90 Å². The summed E-state index contributed by atoms with van der Waals surface area (Å²) in [4.78, 5) is 11.7. The quantitative estimate of drug-likeness (QED) is 0.889. The summed E-state index contributed by atoms with van der Waals surface area (Å²) in [5.41, 5.74) is 1.59. The molecular weight excluding hydrogens is 240 g/mol. The van der Waals surface area contributed by atoms with Crippen LogP contribution in [-0.2, 0) is 24.2 Å². The zero-order chi connectivity index (χ0) is 13.9. The molecule has 0 atom stereocenters. The number of aliphatic carboxylic acids is 1. The molecule has 1 aliphatic rings. The predicted molar refractivity (Wildman–Crippen MR) is 74.1 cm³/mol. The highest BCUT2D eigenvalue weighted by Gasteiger charge is 2.40. The lowest BCUT2D eigenvalue weighted by atomic mass is 9.71. The Hall–Kier alpha value is -1.32. The van der Waals surface area contributed by atoms with E-state index in [1.54, 1.807) is 0 Å². The second kappa shape index (κ2) is 5.76. The van der Waals surface area contributed by atoms with Gasteiger partial charge in [-0.25, -0.2) is 0 Å². The lowest BCUT2D eigenvalue weighted by Gasteiger charge is -2.33. The molecule has 4 nitrogen and oxygen atoms in total. The van der Waals surface area contributed by atoms with Gasteiger partial charge in [-0.3, -0.25) is 9.48 Å². The normalized spacial score (nSPS) is 18.4. The Kier molecular flexibility index (Phi) is 4.27. The molecule has 0 aliphatic heterocycles. The number of carbonyl (C=O) groups is 1. The van der Waals surface area contributed by atoms with E-state index >= 15 is 0 Å². The molecule has 0 radical (unpaired) electrons. The van der Waals surface area contributed by atoms with E-state index in [-0.39, 0.29) is 0 Å². The Morgan fingerprint density at radius 1 is 1.37 bits per heavy atom. The van der Waals surface area contributed by atoms with Crippen LogP contribution in [0.25, 0.3) is 0 Å². The second-order valence-corrected chi connectivity index (χ2v) is 5.62. The highest BCUT2D eigenvalue weighted by molar-refractivity contribution is 5.75. The molecule has 0 aromatic carbocycles. The molecule has 0 amide bonds. The second-order valence-electron chi connectivity index (χ2n) is 5.62.